The summed E-state index contributed by atoms with van der Waals surface area (Å²) in [7, 11) is 0. The highest BCUT2D eigenvalue weighted by Crippen LogP contribution is 2.17. The summed E-state index contributed by atoms with van der Waals surface area (Å²) in [6, 6.07) is 7.37. The fourth-order valence-electron chi connectivity index (χ4n) is 1.84. The van der Waals surface area contributed by atoms with E-state index in [9.17, 15) is 13.2 Å². The number of hydrogen-bond acceptors (Lipinski definition) is 6. The Morgan fingerprint density at radius 2 is 2.00 bits per heavy atom. The van der Waals surface area contributed by atoms with Gasteiger partial charge in [0, 0.05) is 41.3 Å². The summed E-state index contributed by atoms with van der Waals surface area (Å²) >= 11 is -2.31. The Bertz CT molecular complexity index is 683. The minimum absolute atomic E-state index is 0.300. The Morgan fingerprint density at radius 1 is 1.30 bits per heavy atom. The van der Waals surface area contributed by atoms with E-state index >= 15 is 0 Å². The number of nitrogens with zero attached hydrogens (tertiary/aromatic N) is 2. The Balaban J connectivity index is 2.03. The molecule has 0 aliphatic rings. The van der Waals surface area contributed by atoms with Crippen LogP contribution in [0.15, 0.2) is 30.3 Å². The van der Waals surface area contributed by atoms with Gasteiger partial charge in [-0.05, 0) is 38.1 Å². The summed E-state index contributed by atoms with van der Waals surface area (Å²) in [6.07, 6.45) is 0. The maximum Gasteiger partial charge on any atom is 0.224 e. The van der Waals surface area contributed by atoms with Crippen molar-refractivity contribution in [1.82, 2.24) is 14.7 Å². The summed E-state index contributed by atoms with van der Waals surface area (Å²) in [4.78, 5) is 8.53. The molecular formula is C14H17FN5O2S-. The predicted molar refractivity (Wildman–Crippen MR) is 86.5 cm³/mol. The van der Waals surface area contributed by atoms with Gasteiger partial charge in [-0.2, -0.15) is 4.98 Å². The lowest BCUT2D eigenvalue weighted by Gasteiger charge is -2.16. The van der Waals surface area contributed by atoms with E-state index in [1.165, 1.54) is 12.1 Å². The maximum atomic E-state index is 12.9. The standard InChI is InChI=1S/C14H18FN5O2S/c1-9-7-13(18-12-5-3-11(15)4-6-12)19-14(17-9)16-8-10(2)20-23(21)22/h3-7,10,20H,8H2,1-2H3,(H,21,22)(H2,16,17,18,19)/p-1. The predicted octanol–water partition coefficient (Wildman–Crippen LogP) is 1.85. The van der Waals surface area contributed by atoms with Crippen LogP contribution >= 0.6 is 0 Å². The fourth-order valence-corrected chi connectivity index (χ4v) is 2.25. The molecule has 2 atom stereocenters. The van der Waals surface area contributed by atoms with Crippen LogP contribution in [0, 0.1) is 12.7 Å². The van der Waals surface area contributed by atoms with Gasteiger partial charge in [-0.25, -0.2) is 14.1 Å². The highest BCUT2D eigenvalue weighted by molar-refractivity contribution is 7.77. The average molecular weight is 338 g/mol. The molecule has 0 radical (unpaired) electrons. The first-order chi connectivity index (χ1) is 10.9. The normalized spacial score (nSPS) is 13.4. The number of rotatable bonds is 7. The molecule has 7 nitrogen and oxygen atoms in total. The van der Waals surface area contributed by atoms with Crippen molar-refractivity contribution < 1.29 is 13.2 Å². The van der Waals surface area contributed by atoms with Crippen molar-refractivity contribution in [2.75, 3.05) is 17.2 Å². The lowest BCUT2D eigenvalue weighted by molar-refractivity contribution is 0.511. The van der Waals surface area contributed by atoms with E-state index in [-0.39, 0.29) is 11.9 Å². The van der Waals surface area contributed by atoms with Crippen LogP contribution in [0.25, 0.3) is 0 Å². The summed E-state index contributed by atoms with van der Waals surface area (Å²) in [5.41, 5.74) is 1.44. The monoisotopic (exact) mass is 338 g/mol. The lowest BCUT2D eigenvalue weighted by atomic mass is 10.3. The quantitative estimate of drug-likeness (QED) is 0.666. The van der Waals surface area contributed by atoms with Crippen LogP contribution in [0.3, 0.4) is 0 Å². The Hall–Kier alpha value is -2.10. The van der Waals surface area contributed by atoms with Gasteiger partial charge >= 0.3 is 0 Å². The zero-order valence-electron chi connectivity index (χ0n) is 12.7. The minimum Gasteiger partial charge on any atom is -0.760 e. The molecule has 2 rings (SSSR count). The number of anilines is 3. The van der Waals surface area contributed by atoms with Gasteiger partial charge in [0.15, 0.2) is 0 Å². The molecule has 0 aliphatic carbocycles. The van der Waals surface area contributed by atoms with Crippen molar-refractivity contribution in [2.24, 2.45) is 0 Å². The first-order valence-corrected chi connectivity index (χ1v) is 7.97. The summed E-state index contributed by atoms with van der Waals surface area (Å²) in [5, 5.41) is 6.03. The van der Waals surface area contributed by atoms with Crippen molar-refractivity contribution in [3.05, 3.63) is 41.8 Å². The van der Waals surface area contributed by atoms with E-state index in [1.807, 2.05) is 6.92 Å². The molecule has 1 aromatic heterocycles. The minimum atomic E-state index is -2.31. The van der Waals surface area contributed by atoms with E-state index in [0.29, 0.717) is 24.0 Å². The van der Waals surface area contributed by atoms with Gasteiger partial charge in [0.05, 0.1) is 0 Å². The third-order valence-corrected chi connectivity index (χ3v) is 3.43. The van der Waals surface area contributed by atoms with Crippen molar-refractivity contribution in [3.63, 3.8) is 0 Å². The van der Waals surface area contributed by atoms with Crippen LogP contribution in [-0.2, 0) is 11.3 Å². The van der Waals surface area contributed by atoms with Gasteiger partial charge in [0.1, 0.15) is 11.6 Å². The van der Waals surface area contributed by atoms with Crippen LogP contribution in [0.2, 0.25) is 0 Å². The van der Waals surface area contributed by atoms with E-state index in [4.69, 9.17) is 0 Å². The van der Waals surface area contributed by atoms with Crippen LogP contribution in [0.5, 0.6) is 0 Å². The molecule has 2 unspecified atom stereocenters. The molecule has 1 aromatic carbocycles. The summed E-state index contributed by atoms with van der Waals surface area (Å²) < 4.78 is 36.3. The molecule has 124 valence electrons. The van der Waals surface area contributed by atoms with Gasteiger partial charge in [-0.3, -0.25) is 4.21 Å². The summed E-state index contributed by atoms with van der Waals surface area (Å²) in [5.74, 6) is 0.619. The van der Waals surface area contributed by atoms with Crippen molar-refractivity contribution >= 4 is 28.7 Å². The molecule has 0 fully saturated rings. The molecule has 0 saturated carbocycles. The van der Waals surface area contributed by atoms with Crippen molar-refractivity contribution in [3.8, 4) is 0 Å². The molecule has 0 aliphatic heterocycles. The Morgan fingerprint density at radius 3 is 2.65 bits per heavy atom. The van der Waals surface area contributed by atoms with Crippen LogP contribution < -0.4 is 15.4 Å². The number of aryl methyl sites for hydroxylation is 1. The molecule has 9 heteroatoms. The summed E-state index contributed by atoms with van der Waals surface area (Å²) in [6.45, 7) is 3.88. The highest BCUT2D eigenvalue weighted by atomic mass is 32.2. The molecule has 2 aromatic rings. The van der Waals surface area contributed by atoms with Crippen molar-refractivity contribution in [2.45, 2.75) is 19.9 Å². The van der Waals surface area contributed by atoms with Gasteiger partial charge in [0.25, 0.3) is 0 Å². The van der Waals surface area contributed by atoms with E-state index in [1.54, 1.807) is 25.1 Å². The average Bonchev–Trinajstić information content (AvgIpc) is 2.46. The number of halogens is 1. The molecule has 3 N–H and O–H groups in total. The van der Waals surface area contributed by atoms with E-state index in [0.717, 1.165) is 5.69 Å². The molecule has 0 spiro atoms. The second kappa shape index (κ2) is 7.95. The second-order valence-electron chi connectivity index (χ2n) is 4.98. The SMILES string of the molecule is Cc1cc(Nc2ccc(F)cc2)nc(NCC(C)NS(=O)[O-])n1. The number of benzene rings is 1. The lowest BCUT2D eigenvalue weighted by Crippen LogP contribution is -2.34. The smallest absolute Gasteiger partial charge is 0.224 e. The van der Waals surface area contributed by atoms with Gasteiger partial charge in [-0.15, -0.1) is 0 Å². The van der Waals surface area contributed by atoms with E-state index in [2.05, 4.69) is 25.3 Å². The highest BCUT2D eigenvalue weighted by Gasteiger charge is 2.05. The number of hydrogen-bond donors (Lipinski definition) is 3. The third-order valence-electron chi connectivity index (χ3n) is 2.83. The first-order valence-electron chi connectivity index (χ1n) is 6.90. The first kappa shape index (κ1) is 17.3. The van der Waals surface area contributed by atoms with Gasteiger partial charge < -0.3 is 15.2 Å². The molecule has 23 heavy (non-hydrogen) atoms. The third kappa shape index (κ3) is 5.89. The molecular weight excluding hydrogens is 321 g/mol. The number of aromatic nitrogens is 2. The van der Waals surface area contributed by atoms with Crippen LogP contribution in [0.4, 0.5) is 21.8 Å². The second-order valence-corrected chi connectivity index (χ2v) is 5.69. The van der Waals surface area contributed by atoms with Crippen LogP contribution in [0.1, 0.15) is 12.6 Å². The van der Waals surface area contributed by atoms with Gasteiger partial charge in [0.2, 0.25) is 5.95 Å². The zero-order chi connectivity index (χ0) is 16.8. The molecule has 0 amide bonds. The fraction of sp³-hybridized carbons (Fsp3) is 0.286. The molecule has 0 saturated heterocycles. The topological polar surface area (TPSA) is 102 Å². The molecule has 0 bridgehead atoms. The Kier molecular flexibility index (Phi) is 5.97. The largest absolute Gasteiger partial charge is 0.760 e. The van der Waals surface area contributed by atoms with E-state index < -0.39 is 11.3 Å². The van der Waals surface area contributed by atoms with Crippen molar-refractivity contribution in [1.29, 1.82) is 0 Å². The zero-order valence-corrected chi connectivity index (χ0v) is 13.5. The number of nitrogens with one attached hydrogen (secondary N) is 3. The van der Waals surface area contributed by atoms with Crippen LogP contribution in [-0.4, -0.2) is 31.3 Å². The Labute approximate surface area is 136 Å². The van der Waals surface area contributed by atoms with Gasteiger partial charge in [-0.1, -0.05) is 0 Å². The molecule has 1 heterocycles. The maximum absolute atomic E-state index is 12.9.